The van der Waals surface area contributed by atoms with Crippen molar-refractivity contribution in [1.29, 1.82) is 0 Å². The van der Waals surface area contributed by atoms with Crippen molar-refractivity contribution in [2.75, 3.05) is 6.54 Å². The molecule has 1 rings (SSSR count). The molecule has 0 aliphatic heterocycles. The lowest BCUT2D eigenvalue weighted by Gasteiger charge is -2.16. The highest BCUT2D eigenvalue weighted by Crippen LogP contribution is 2.15. The maximum absolute atomic E-state index is 4.12. The van der Waals surface area contributed by atoms with Crippen LogP contribution in [0.15, 0.2) is 37.2 Å². The van der Waals surface area contributed by atoms with Gasteiger partial charge in [0.05, 0.1) is 0 Å². The minimum Gasteiger partial charge on any atom is -0.310 e. The zero-order chi connectivity index (χ0) is 10.2. The molecule has 14 heavy (non-hydrogen) atoms. The van der Waals surface area contributed by atoms with Crippen LogP contribution in [0.3, 0.4) is 0 Å². The summed E-state index contributed by atoms with van der Waals surface area (Å²) in [6, 6.07) is 4.43. The molecule has 2 heteroatoms. The molecular weight excluding hydrogens is 172 g/mol. The number of hydrogen-bond donors (Lipinski definition) is 1. The predicted octanol–water partition coefficient (Wildman–Crippen LogP) is 2.70. The molecule has 0 fully saturated rings. The molecule has 0 aliphatic rings. The number of hydrogen-bond acceptors (Lipinski definition) is 2. The Hall–Kier alpha value is -1.15. The first-order valence-electron chi connectivity index (χ1n) is 5.12. The van der Waals surface area contributed by atoms with Crippen LogP contribution in [0.25, 0.3) is 0 Å². The van der Waals surface area contributed by atoms with Crippen LogP contribution in [-0.4, -0.2) is 11.5 Å². The third-order valence-corrected chi connectivity index (χ3v) is 2.13. The van der Waals surface area contributed by atoms with E-state index in [1.54, 1.807) is 6.20 Å². The van der Waals surface area contributed by atoms with Gasteiger partial charge in [0, 0.05) is 18.4 Å². The average molecular weight is 190 g/mol. The Labute approximate surface area is 86.1 Å². The van der Waals surface area contributed by atoms with E-state index in [2.05, 4.69) is 29.9 Å². The summed E-state index contributed by atoms with van der Waals surface area (Å²) < 4.78 is 0. The first-order valence-corrected chi connectivity index (χ1v) is 5.12. The van der Waals surface area contributed by atoms with Crippen LogP contribution in [0.5, 0.6) is 0 Å². The minimum atomic E-state index is 0.362. The fourth-order valence-electron chi connectivity index (χ4n) is 1.40. The molecule has 1 heterocycles. The summed E-state index contributed by atoms with van der Waals surface area (Å²) in [5, 5.41) is 3.48. The Bertz CT molecular complexity index is 256. The van der Waals surface area contributed by atoms with Crippen molar-refractivity contribution in [3.05, 3.63) is 42.7 Å². The molecule has 1 unspecified atom stereocenters. The molecule has 1 aromatic heterocycles. The maximum Gasteiger partial charge on any atom is 0.0370 e. The van der Waals surface area contributed by atoms with E-state index in [1.807, 2.05) is 18.3 Å². The topological polar surface area (TPSA) is 24.9 Å². The molecule has 0 saturated heterocycles. The second kappa shape index (κ2) is 6.33. The number of aromatic nitrogens is 1. The smallest absolute Gasteiger partial charge is 0.0370 e. The Morgan fingerprint density at radius 3 is 3.07 bits per heavy atom. The quantitative estimate of drug-likeness (QED) is 0.698. The second-order valence-electron chi connectivity index (χ2n) is 3.32. The zero-order valence-corrected chi connectivity index (χ0v) is 8.74. The van der Waals surface area contributed by atoms with Crippen molar-refractivity contribution >= 4 is 0 Å². The van der Waals surface area contributed by atoms with Crippen LogP contribution in [0.2, 0.25) is 0 Å². The largest absolute Gasteiger partial charge is 0.310 e. The summed E-state index contributed by atoms with van der Waals surface area (Å²) in [5.74, 6) is 0. The molecule has 0 spiro atoms. The molecule has 1 N–H and O–H groups in total. The molecule has 0 radical (unpaired) electrons. The Balaban J connectivity index is 2.62. The lowest BCUT2D eigenvalue weighted by molar-refractivity contribution is 0.536. The van der Waals surface area contributed by atoms with Crippen molar-refractivity contribution in [1.82, 2.24) is 10.3 Å². The van der Waals surface area contributed by atoms with Gasteiger partial charge in [0.15, 0.2) is 0 Å². The van der Waals surface area contributed by atoms with E-state index in [-0.39, 0.29) is 0 Å². The van der Waals surface area contributed by atoms with Crippen molar-refractivity contribution in [2.45, 2.75) is 25.8 Å². The fourth-order valence-corrected chi connectivity index (χ4v) is 1.40. The number of nitrogens with zero attached hydrogens (tertiary/aromatic N) is 1. The van der Waals surface area contributed by atoms with Crippen LogP contribution >= 0.6 is 0 Å². The number of nitrogens with one attached hydrogen (secondary N) is 1. The molecule has 0 bridgehead atoms. The normalized spacial score (nSPS) is 12.4. The van der Waals surface area contributed by atoms with Crippen molar-refractivity contribution in [3.8, 4) is 0 Å². The highest BCUT2D eigenvalue weighted by molar-refractivity contribution is 5.14. The standard InChI is InChI=1S/C12H18N2/c1-3-6-12(14-8-4-2)11-7-5-9-13-10-11/h3,5,7,9-10,12,14H,1,4,6,8H2,2H3. The monoisotopic (exact) mass is 190 g/mol. The maximum atomic E-state index is 4.12. The molecule has 0 amide bonds. The lowest BCUT2D eigenvalue weighted by atomic mass is 10.1. The van der Waals surface area contributed by atoms with Gasteiger partial charge in [0.2, 0.25) is 0 Å². The van der Waals surface area contributed by atoms with Crippen LogP contribution < -0.4 is 5.32 Å². The van der Waals surface area contributed by atoms with Gasteiger partial charge >= 0.3 is 0 Å². The number of pyridine rings is 1. The van der Waals surface area contributed by atoms with E-state index in [1.165, 1.54) is 5.56 Å². The Morgan fingerprint density at radius 2 is 2.50 bits per heavy atom. The summed E-state index contributed by atoms with van der Waals surface area (Å²) in [6.45, 7) is 6.98. The first-order chi connectivity index (χ1) is 6.88. The van der Waals surface area contributed by atoms with Crippen LogP contribution in [0, 0.1) is 0 Å². The van der Waals surface area contributed by atoms with E-state index >= 15 is 0 Å². The average Bonchev–Trinajstić information content (AvgIpc) is 2.25. The van der Waals surface area contributed by atoms with Crippen molar-refractivity contribution in [3.63, 3.8) is 0 Å². The van der Waals surface area contributed by atoms with E-state index in [4.69, 9.17) is 0 Å². The highest BCUT2D eigenvalue weighted by Gasteiger charge is 2.07. The van der Waals surface area contributed by atoms with Crippen LogP contribution in [-0.2, 0) is 0 Å². The zero-order valence-electron chi connectivity index (χ0n) is 8.74. The minimum absolute atomic E-state index is 0.362. The molecule has 0 aliphatic carbocycles. The molecule has 0 aromatic carbocycles. The summed E-state index contributed by atoms with van der Waals surface area (Å²) in [4.78, 5) is 4.12. The fraction of sp³-hybridized carbons (Fsp3) is 0.417. The third kappa shape index (κ3) is 3.30. The lowest BCUT2D eigenvalue weighted by Crippen LogP contribution is -2.21. The van der Waals surface area contributed by atoms with Gasteiger partial charge < -0.3 is 5.32 Å². The van der Waals surface area contributed by atoms with Crippen molar-refractivity contribution < 1.29 is 0 Å². The Morgan fingerprint density at radius 1 is 1.64 bits per heavy atom. The summed E-state index contributed by atoms with van der Waals surface area (Å²) >= 11 is 0. The van der Waals surface area contributed by atoms with E-state index in [0.717, 1.165) is 19.4 Å². The predicted molar refractivity (Wildman–Crippen MR) is 60.1 cm³/mol. The van der Waals surface area contributed by atoms with Gasteiger partial charge in [-0.1, -0.05) is 19.1 Å². The van der Waals surface area contributed by atoms with Gasteiger partial charge in [-0.25, -0.2) is 0 Å². The molecule has 1 aromatic rings. The molecular formula is C12H18N2. The number of rotatable bonds is 6. The molecule has 1 atom stereocenters. The SMILES string of the molecule is C=CCC(NCCC)c1cccnc1. The molecule has 2 nitrogen and oxygen atoms in total. The van der Waals surface area contributed by atoms with Gasteiger partial charge in [-0.2, -0.15) is 0 Å². The van der Waals surface area contributed by atoms with Gasteiger partial charge in [0.1, 0.15) is 0 Å². The first kappa shape index (κ1) is 10.9. The van der Waals surface area contributed by atoms with Crippen LogP contribution in [0.4, 0.5) is 0 Å². The molecule has 76 valence electrons. The molecule has 0 saturated carbocycles. The van der Waals surface area contributed by atoms with Crippen LogP contribution in [0.1, 0.15) is 31.4 Å². The van der Waals surface area contributed by atoms with Crippen molar-refractivity contribution in [2.24, 2.45) is 0 Å². The van der Waals surface area contributed by atoms with Gasteiger partial charge in [-0.15, -0.1) is 6.58 Å². The summed E-state index contributed by atoms with van der Waals surface area (Å²) in [7, 11) is 0. The van der Waals surface area contributed by atoms with Gasteiger partial charge in [0.25, 0.3) is 0 Å². The van der Waals surface area contributed by atoms with Gasteiger partial charge in [-0.05, 0) is 31.0 Å². The van der Waals surface area contributed by atoms with E-state index in [9.17, 15) is 0 Å². The van der Waals surface area contributed by atoms with E-state index < -0.39 is 0 Å². The Kier molecular flexibility index (Phi) is 4.94. The third-order valence-electron chi connectivity index (χ3n) is 2.13. The summed E-state index contributed by atoms with van der Waals surface area (Å²) in [5.41, 5.74) is 1.24. The van der Waals surface area contributed by atoms with Gasteiger partial charge in [-0.3, -0.25) is 4.98 Å². The highest BCUT2D eigenvalue weighted by atomic mass is 14.9. The second-order valence-corrected chi connectivity index (χ2v) is 3.32. The summed E-state index contributed by atoms with van der Waals surface area (Å²) in [6.07, 6.45) is 7.76. The van der Waals surface area contributed by atoms with E-state index in [0.29, 0.717) is 6.04 Å².